The van der Waals surface area contributed by atoms with E-state index in [4.69, 9.17) is 10.3 Å². The van der Waals surface area contributed by atoms with Gasteiger partial charge in [-0.05, 0) is 42.8 Å². The van der Waals surface area contributed by atoms with Crippen molar-refractivity contribution in [2.45, 2.75) is 26.8 Å². The average Bonchev–Trinajstić information content (AvgIpc) is 2.71. The largest absolute Gasteiger partial charge is 0.383 e. The van der Waals surface area contributed by atoms with E-state index in [9.17, 15) is 4.79 Å². The topological polar surface area (TPSA) is 94.0 Å². The molecule has 1 amide bonds. The normalized spacial score (nSPS) is 12.2. The Hall–Kier alpha value is -1.89. The monoisotopic (exact) mass is 338 g/mol. The van der Waals surface area contributed by atoms with E-state index < -0.39 is 0 Å². The minimum Gasteiger partial charge on any atom is -0.383 e. The zero-order valence-electron chi connectivity index (χ0n) is 11.4. The lowest BCUT2D eigenvalue weighted by Crippen LogP contribution is -2.28. The number of nitrogen functional groups attached to an aromatic ring is 1. The second kappa shape index (κ2) is 5.62. The standard InChI is InChI=1S/C13H15BrN4O2/c1-6(11-7(2)18-20-8(11)3)17-13(19)10-4-9(14)5-16-12(10)15/h4-6H,1-3H3,(H2,15,16)(H,17,19). The van der Waals surface area contributed by atoms with E-state index in [2.05, 4.69) is 31.4 Å². The molecule has 106 valence electrons. The fraction of sp³-hybridized carbons (Fsp3) is 0.308. The van der Waals surface area contributed by atoms with E-state index >= 15 is 0 Å². The zero-order valence-corrected chi connectivity index (χ0v) is 13.0. The number of aryl methyl sites for hydroxylation is 2. The first-order valence-electron chi connectivity index (χ1n) is 6.04. The van der Waals surface area contributed by atoms with Gasteiger partial charge in [0, 0.05) is 16.2 Å². The van der Waals surface area contributed by atoms with Crippen LogP contribution in [0.3, 0.4) is 0 Å². The SMILES string of the molecule is Cc1noc(C)c1C(C)NC(=O)c1cc(Br)cnc1N. The lowest BCUT2D eigenvalue weighted by molar-refractivity contribution is 0.0940. The number of hydrogen-bond acceptors (Lipinski definition) is 5. The summed E-state index contributed by atoms with van der Waals surface area (Å²) in [5.74, 6) is 0.594. The summed E-state index contributed by atoms with van der Waals surface area (Å²) in [5.41, 5.74) is 7.69. The van der Waals surface area contributed by atoms with E-state index in [1.54, 1.807) is 12.3 Å². The number of carbonyl (C=O) groups is 1. The maximum Gasteiger partial charge on any atom is 0.255 e. The number of halogens is 1. The molecule has 0 aliphatic rings. The van der Waals surface area contributed by atoms with Crippen molar-refractivity contribution in [3.63, 3.8) is 0 Å². The van der Waals surface area contributed by atoms with E-state index in [-0.39, 0.29) is 17.8 Å². The molecular formula is C13H15BrN4O2. The summed E-state index contributed by atoms with van der Waals surface area (Å²) < 4.78 is 5.80. The summed E-state index contributed by atoms with van der Waals surface area (Å²) in [6, 6.07) is 1.41. The molecule has 1 atom stereocenters. The smallest absolute Gasteiger partial charge is 0.255 e. The molecule has 2 aromatic heterocycles. The highest BCUT2D eigenvalue weighted by atomic mass is 79.9. The van der Waals surface area contributed by atoms with Crippen molar-refractivity contribution in [3.8, 4) is 0 Å². The lowest BCUT2D eigenvalue weighted by atomic mass is 10.1. The van der Waals surface area contributed by atoms with Crippen molar-refractivity contribution >= 4 is 27.7 Å². The van der Waals surface area contributed by atoms with E-state index in [0.717, 1.165) is 11.3 Å². The highest BCUT2D eigenvalue weighted by Crippen LogP contribution is 2.22. The minimum atomic E-state index is -0.288. The van der Waals surface area contributed by atoms with Crippen LogP contribution in [0.1, 0.15) is 40.3 Å². The van der Waals surface area contributed by atoms with Crippen LogP contribution in [0.15, 0.2) is 21.3 Å². The summed E-state index contributed by atoms with van der Waals surface area (Å²) in [6.07, 6.45) is 1.55. The number of rotatable bonds is 3. The minimum absolute atomic E-state index is 0.191. The molecule has 0 radical (unpaired) electrons. The fourth-order valence-electron chi connectivity index (χ4n) is 2.09. The number of pyridine rings is 1. The quantitative estimate of drug-likeness (QED) is 0.896. The molecule has 2 aromatic rings. The highest BCUT2D eigenvalue weighted by Gasteiger charge is 2.20. The van der Waals surface area contributed by atoms with Crippen LogP contribution in [0.5, 0.6) is 0 Å². The van der Waals surface area contributed by atoms with Crippen molar-refractivity contribution in [1.82, 2.24) is 15.5 Å². The lowest BCUT2D eigenvalue weighted by Gasteiger charge is -2.14. The fourth-order valence-corrected chi connectivity index (χ4v) is 2.42. The summed E-state index contributed by atoms with van der Waals surface area (Å²) in [7, 11) is 0. The van der Waals surface area contributed by atoms with Gasteiger partial charge in [0.15, 0.2) is 0 Å². The van der Waals surface area contributed by atoms with Gasteiger partial charge in [0.1, 0.15) is 11.6 Å². The third-order valence-corrected chi connectivity index (χ3v) is 3.43. The summed E-state index contributed by atoms with van der Waals surface area (Å²) in [5, 5.41) is 6.75. The van der Waals surface area contributed by atoms with Gasteiger partial charge in [-0.1, -0.05) is 5.16 Å². The Morgan fingerprint density at radius 2 is 2.20 bits per heavy atom. The molecule has 0 aliphatic heterocycles. The average molecular weight is 339 g/mol. The molecule has 1 unspecified atom stereocenters. The molecule has 2 heterocycles. The van der Waals surface area contributed by atoms with Crippen molar-refractivity contribution in [2.75, 3.05) is 5.73 Å². The number of amides is 1. The summed E-state index contributed by atoms with van der Waals surface area (Å²) >= 11 is 3.27. The first-order chi connectivity index (χ1) is 9.40. The van der Waals surface area contributed by atoms with Crippen LogP contribution < -0.4 is 11.1 Å². The molecule has 0 aliphatic carbocycles. The second-order valence-corrected chi connectivity index (χ2v) is 5.44. The molecule has 0 fully saturated rings. The van der Waals surface area contributed by atoms with Crippen LogP contribution in [-0.2, 0) is 0 Å². The Balaban J connectivity index is 2.22. The van der Waals surface area contributed by atoms with Gasteiger partial charge < -0.3 is 15.6 Å². The molecular weight excluding hydrogens is 324 g/mol. The number of aromatic nitrogens is 2. The maximum atomic E-state index is 12.2. The van der Waals surface area contributed by atoms with Crippen LogP contribution in [-0.4, -0.2) is 16.0 Å². The van der Waals surface area contributed by atoms with Gasteiger partial charge in [-0.2, -0.15) is 0 Å². The predicted octanol–water partition coefficient (Wildman–Crippen LogP) is 2.52. The van der Waals surface area contributed by atoms with Gasteiger partial charge in [-0.15, -0.1) is 0 Å². The molecule has 0 spiro atoms. The molecule has 0 saturated heterocycles. The van der Waals surface area contributed by atoms with Crippen molar-refractivity contribution < 1.29 is 9.32 Å². The van der Waals surface area contributed by atoms with Crippen LogP contribution in [0.2, 0.25) is 0 Å². The number of nitrogens with zero attached hydrogens (tertiary/aromatic N) is 2. The van der Waals surface area contributed by atoms with Crippen LogP contribution in [0, 0.1) is 13.8 Å². The molecule has 0 aromatic carbocycles. The van der Waals surface area contributed by atoms with Crippen molar-refractivity contribution in [3.05, 3.63) is 39.3 Å². The van der Waals surface area contributed by atoms with Crippen molar-refractivity contribution in [2.24, 2.45) is 0 Å². The Kier molecular flexibility index (Phi) is 4.08. The molecule has 0 bridgehead atoms. The Morgan fingerprint density at radius 3 is 2.80 bits per heavy atom. The van der Waals surface area contributed by atoms with Gasteiger partial charge in [-0.25, -0.2) is 4.98 Å². The molecule has 2 rings (SSSR count). The van der Waals surface area contributed by atoms with Crippen molar-refractivity contribution in [1.29, 1.82) is 0 Å². The molecule has 7 heteroatoms. The number of carbonyl (C=O) groups excluding carboxylic acids is 1. The molecule has 6 nitrogen and oxygen atoms in total. The van der Waals surface area contributed by atoms with Crippen LogP contribution >= 0.6 is 15.9 Å². The Bertz CT molecular complexity index is 634. The van der Waals surface area contributed by atoms with Crippen LogP contribution in [0.4, 0.5) is 5.82 Å². The summed E-state index contributed by atoms with van der Waals surface area (Å²) in [6.45, 7) is 5.52. The number of nitrogens with one attached hydrogen (secondary N) is 1. The van der Waals surface area contributed by atoms with E-state index in [0.29, 0.717) is 15.8 Å². The third-order valence-electron chi connectivity index (χ3n) is 3.00. The highest BCUT2D eigenvalue weighted by molar-refractivity contribution is 9.10. The first-order valence-corrected chi connectivity index (χ1v) is 6.84. The Labute approximate surface area is 124 Å². The first kappa shape index (κ1) is 14.5. The second-order valence-electron chi connectivity index (χ2n) is 4.52. The summed E-state index contributed by atoms with van der Waals surface area (Å²) in [4.78, 5) is 16.2. The van der Waals surface area contributed by atoms with E-state index in [1.807, 2.05) is 20.8 Å². The molecule has 0 saturated carbocycles. The third kappa shape index (κ3) is 2.82. The Morgan fingerprint density at radius 1 is 1.50 bits per heavy atom. The molecule has 3 N–H and O–H groups in total. The number of nitrogens with two attached hydrogens (primary N) is 1. The van der Waals surface area contributed by atoms with Gasteiger partial charge in [0.2, 0.25) is 0 Å². The van der Waals surface area contributed by atoms with Gasteiger partial charge in [-0.3, -0.25) is 4.79 Å². The zero-order chi connectivity index (χ0) is 14.9. The molecule has 20 heavy (non-hydrogen) atoms. The predicted molar refractivity (Wildman–Crippen MR) is 78.2 cm³/mol. The van der Waals surface area contributed by atoms with Gasteiger partial charge >= 0.3 is 0 Å². The van der Waals surface area contributed by atoms with Crippen LogP contribution in [0.25, 0.3) is 0 Å². The van der Waals surface area contributed by atoms with Gasteiger partial charge in [0.25, 0.3) is 5.91 Å². The number of hydrogen-bond donors (Lipinski definition) is 2. The number of anilines is 1. The maximum absolute atomic E-state index is 12.2. The van der Waals surface area contributed by atoms with E-state index in [1.165, 1.54) is 0 Å². The van der Waals surface area contributed by atoms with Gasteiger partial charge in [0.05, 0.1) is 17.3 Å².